The standard InChI is InChI=1S/C12H17BrN4/c13-8-4-5-10-11(7-8)17-12(16-10)9(15)3-1-2-6-14/h4-5,7,9H,1-3,6,14-15H2,(H,16,17)/t9-/m0/s1. The van der Waals surface area contributed by atoms with Crippen molar-refractivity contribution in [2.45, 2.75) is 25.3 Å². The zero-order chi connectivity index (χ0) is 12.3. The number of benzene rings is 1. The Labute approximate surface area is 109 Å². The molecule has 0 bridgehead atoms. The third-order valence-electron chi connectivity index (χ3n) is 2.78. The first kappa shape index (κ1) is 12.5. The van der Waals surface area contributed by atoms with E-state index in [2.05, 4.69) is 25.9 Å². The van der Waals surface area contributed by atoms with E-state index in [4.69, 9.17) is 11.5 Å². The molecular formula is C12H17BrN4. The van der Waals surface area contributed by atoms with Crippen LogP contribution in [0.15, 0.2) is 22.7 Å². The number of hydrogen-bond donors (Lipinski definition) is 3. The number of hydrogen-bond acceptors (Lipinski definition) is 3. The molecule has 1 atom stereocenters. The van der Waals surface area contributed by atoms with Crippen LogP contribution in [0.1, 0.15) is 31.1 Å². The average Bonchev–Trinajstić information content (AvgIpc) is 2.72. The van der Waals surface area contributed by atoms with Crippen LogP contribution >= 0.6 is 15.9 Å². The van der Waals surface area contributed by atoms with Gasteiger partial charge in [0.2, 0.25) is 0 Å². The SMILES string of the molecule is NCCCC[C@H](N)c1nc2ccc(Br)cc2[nH]1. The van der Waals surface area contributed by atoms with Gasteiger partial charge in [-0.25, -0.2) is 4.98 Å². The van der Waals surface area contributed by atoms with E-state index in [1.54, 1.807) is 0 Å². The summed E-state index contributed by atoms with van der Waals surface area (Å²) in [5.74, 6) is 0.857. The Morgan fingerprint density at radius 1 is 1.35 bits per heavy atom. The van der Waals surface area contributed by atoms with Gasteiger partial charge in [-0.2, -0.15) is 0 Å². The zero-order valence-corrected chi connectivity index (χ0v) is 11.2. The number of H-pyrrole nitrogens is 1. The quantitative estimate of drug-likeness (QED) is 0.741. The summed E-state index contributed by atoms with van der Waals surface area (Å²) in [6.07, 6.45) is 2.97. The molecular weight excluding hydrogens is 280 g/mol. The molecule has 0 aliphatic heterocycles. The highest BCUT2D eigenvalue weighted by Crippen LogP contribution is 2.21. The lowest BCUT2D eigenvalue weighted by molar-refractivity contribution is 0.571. The van der Waals surface area contributed by atoms with Gasteiger partial charge in [0.1, 0.15) is 5.82 Å². The van der Waals surface area contributed by atoms with Crippen LogP contribution in [0.5, 0.6) is 0 Å². The van der Waals surface area contributed by atoms with Gasteiger partial charge in [-0.15, -0.1) is 0 Å². The summed E-state index contributed by atoms with van der Waals surface area (Å²) in [5, 5.41) is 0. The van der Waals surface area contributed by atoms with Crippen molar-refractivity contribution in [3.8, 4) is 0 Å². The minimum Gasteiger partial charge on any atom is -0.341 e. The van der Waals surface area contributed by atoms with Gasteiger partial charge in [0.25, 0.3) is 0 Å². The number of fused-ring (bicyclic) bond motifs is 1. The fourth-order valence-corrected chi connectivity index (χ4v) is 2.18. The zero-order valence-electron chi connectivity index (χ0n) is 9.62. The summed E-state index contributed by atoms with van der Waals surface area (Å²) >= 11 is 3.44. The summed E-state index contributed by atoms with van der Waals surface area (Å²) in [6.45, 7) is 0.722. The predicted molar refractivity (Wildman–Crippen MR) is 73.6 cm³/mol. The Hall–Kier alpha value is -0.910. The van der Waals surface area contributed by atoms with Gasteiger partial charge in [-0.05, 0) is 37.6 Å². The van der Waals surface area contributed by atoms with Gasteiger partial charge in [0.15, 0.2) is 0 Å². The van der Waals surface area contributed by atoms with E-state index in [-0.39, 0.29) is 6.04 Å². The lowest BCUT2D eigenvalue weighted by Gasteiger charge is -2.07. The van der Waals surface area contributed by atoms with Crippen molar-refractivity contribution in [3.05, 3.63) is 28.5 Å². The second kappa shape index (κ2) is 5.62. The van der Waals surface area contributed by atoms with Crippen molar-refractivity contribution in [2.24, 2.45) is 11.5 Å². The van der Waals surface area contributed by atoms with E-state index < -0.39 is 0 Å². The van der Waals surface area contributed by atoms with E-state index >= 15 is 0 Å². The molecule has 2 rings (SSSR count). The molecule has 17 heavy (non-hydrogen) atoms. The highest BCUT2D eigenvalue weighted by Gasteiger charge is 2.10. The first-order chi connectivity index (χ1) is 8.20. The Morgan fingerprint density at radius 3 is 2.94 bits per heavy atom. The maximum atomic E-state index is 6.09. The van der Waals surface area contributed by atoms with Crippen LogP contribution in [0.25, 0.3) is 11.0 Å². The molecule has 1 aromatic heterocycles. The van der Waals surface area contributed by atoms with E-state index in [1.807, 2.05) is 18.2 Å². The van der Waals surface area contributed by atoms with E-state index in [9.17, 15) is 0 Å². The summed E-state index contributed by atoms with van der Waals surface area (Å²) in [6, 6.07) is 5.94. The fraction of sp³-hybridized carbons (Fsp3) is 0.417. The van der Waals surface area contributed by atoms with E-state index in [1.165, 1.54) is 0 Å². The Kier molecular flexibility index (Phi) is 4.15. The summed E-state index contributed by atoms with van der Waals surface area (Å²) in [5.41, 5.74) is 13.5. The fourth-order valence-electron chi connectivity index (χ4n) is 1.82. The number of imidazole rings is 1. The predicted octanol–water partition coefficient (Wildman–Crippen LogP) is 2.45. The van der Waals surface area contributed by atoms with E-state index in [0.717, 1.165) is 47.1 Å². The first-order valence-electron chi connectivity index (χ1n) is 5.81. The minimum atomic E-state index is -0.0345. The number of nitrogens with two attached hydrogens (primary N) is 2. The van der Waals surface area contributed by atoms with E-state index in [0.29, 0.717) is 0 Å². The monoisotopic (exact) mass is 296 g/mol. The molecule has 2 aromatic rings. The smallest absolute Gasteiger partial charge is 0.124 e. The van der Waals surface area contributed by atoms with Crippen LogP contribution < -0.4 is 11.5 Å². The number of rotatable bonds is 5. The van der Waals surface area contributed by atoms with Crippen LogP contribution in [0.2, 0.25) is 0 Å². The molecule has 5 heteroatoms. The van der Waals surface area contributed by atoms with Crippen LogP contribution in [0, 0.1) is 0 Å². The van der Waals surface area contributed by atoms with Crippen LogP contribution in [-0.4, -0.2) is 16.5 Å². The van der Waals surface area contributed by atoms with Gasteiger partial charge in [-0.1, -0.05) is 22.4 Å². The molecule has 92 valence electrons. The molecule has 0 saturated heterocycles. The molecule has 4 nitrogen and oxygen atoms in total. The molecule has 0 fully saturated rings. The molecule has 1 aromatic carbocycles. The van der Waals surface area contributed by atoms with Gasteiger partial charge in [0, 0.05) is 4.47 Å². The second-order valence-electron chi connectivity index (χ2n) is 4.17. The molecule has 0 amide bonds. The maximum absolute atomic E-state index is 6.09. The van der Waals surface area contributed by atoms with Crippen LogP contribution in [0.4, 0.5) is 0 Å². The highest BCUT2D eigenvalue weighted by molar-refractivity contribution is 9.10. The minimum absolute atomic E-state index is 0.0345. The molecule has 1 heterocycles. The van der Waals surface area contributed by atoms with Crippen molar-refractivity contribution < 1.29 is 0 Å². The first-order valence-corrected chi connectivity index (χ1v) is 6.61. The topological polar surface area (TPSA) is 80.7 Å². The number of aromatic amines is 1. The van der Waals surface area contributed by atoms with Crippen molar-refractivity contribution in [1.82, 2.24) is 9.97 Å². The van der Waals surface area contributed by atoms with Gasteiger partial charge in [0.05, 0.1) is 17.1 Å². The highest BCUT2D eigenvalue weighted by atomic mass is 79.9. The van der Waals surface area contributed by atoms with Crippen molar-refractivity contribution >= 4 is 27.0 Å². The number of halogens is 1. The number of nitrogens with zero attached hydrogens (tertiary/aromatic N) is 1. The van der Waals surface area contributed by atoms with Crippen molar-refractivity contribution in [2.75, 3.05) is 6.54 Å². The van der Waals surface area contributed by atoms with Gasteiger partial charge < -0.3 is 16.5 Å². The normalized spacial score (nSPS) is 13.1. The third-order valence-corrected chi connectivity index (χ3v) is 3.28. The molecule has 0 spiro atoms. The molecule has 0 saturated carbocycles. The van der Waals surface area contributed by atoms with Crippen LogP contribution in [0.3, 0.4) is 0 Å². The molecule has 0 unspecified atom stereocenters. The van der Waals surface area contributed by atoms with Gasteiger partial charge >= 0.3 is 0 Å². The molecule has 0 aliphatic carbocycles. The Bertz CT molecular complexity index is 494. The number of aromatic nitrogens is 2. The molecule has 0 aliphatic rings. The van der Waals surface area contributed by atoms with Crippen molar-refractivity contribution in [1.29, 1.82) is 0 Å². The summed E-state index contributed by atoms with van der Waals surface area (Å²) < 4.78 is 1.04. The lowest BCUT2D eigenvalue weighted by Crippen LogP contribution is -2.12. The van der Waals surface area contributed by atoms with Crippen LogP contribution in [-0.2, 0) is 0 Å². The van der Waals surface area contributed by atoms with Crippen molar-refractivity contribution in [3.63, 3.8) is 0 Å². The number of unbranched alkanes of at least 4 members (excludes halogenated alkanes) is 1. The maximum Gasteiger partial charge on any atom is 0.124 e. The number of nitrogens with one attached hydrogen (secondary N) is 1. The third kappa shape index (κ3) is 3.06. The molecule has 0 radical (unpaired) electrons. The average molecular weight is 297 g/mol. The summed E-state index contributed by atoms with van der Waals surface area (Å²) in [7, 11) is 0. The summed E-state index contributed by atoms with van der Waals surface area (Å²) in [4.78, 5) is 7.77. The lowest BCUT2D eigenvalue weighted by atomic mass is 10.1. The second-order valence-corrected chi connectivity index (χ2v) is 5.09. The largest absolute Gasteiger partial charge is 0.341 e. The Balaban J connectivity index is 2.12. The Morgan fingerprint density at radius 2 is 2.18 bits per heavy atom. The molecule has 5 N–H and O–H groups in total. The van der Waals surface area contributed by atoms with Gasteiger partial charge in [-0.3, -0.25) is 0 Å².